The Kier molecular flexibility index (Phi) is 5.80. The minimum Gasteiger partial charge on any atom is -0.494 e. The fourth-order valence-electron chi connectivity index (χ4n) is 3.33. The van der Waals surface area contributed by atoms with Crippen LogP contribution in [0.3, 0.4) is 0 Å². The number of aliphatic carboxylic acids is 1. The van der Waals surface area contributed by atoms with Gasteiger partial charge in [0.1, 0.15) is 0 Å². The average Bonchev–Trinajstić information content (AvgIpc) is 2.55. The lowest BCUT2D eigenvalue weighted by atomic mass is 9.71. The van der Waals surface area contributed by atoms with Crippen LogP contribution in [-0.2, 0) is 9.59 Å². The molecule has 0 saturated heterocycles. The van der Waals surface area contributed by atoms with E-state index >= 15 is 0 Å². The molecule has 1 aliphatic rings. The molecule has 1 amide bonds. The van der Waals surface area contributed by atoms with Gasteiger partial charge in [0.15, 0.2) is 11.6 Å². The molecular formula is C18H24FNO4. The first-order valence-corrected chi connectivity index (χ1v) is 8.24. The van der Waals surface area contributed by atoms with Gasteiger partial charge in [-0.15, -0.1) is 0 Å². The molecule has 1 atom stereocenters. The normalized spacial score (nSPS) is 17.8. The van der Waals surface area contributed by atoms with Crippen molar-refractivity contribution < 1.29 is 23.8 Å². The Morgan fingerprint density at radius 3 is 2.54 bits per heavy atom. The molecule has 0 aromatic heterocycles. The third kappa shape index (κ3) is 4.04. The molecule has 1 saturated carbocycles. The van der Waals surface area contributed by atoms with Gasteiger partial charge >= 0.3 is 5.97 Å². The first-order chi connectivity index (χ1) is 11.4. The van der Waals surface area contributed by atoms with Gasteiger partial charge in [-0.1, -0.05) is 25.3 Å². The van der Waals surface area contributed by atoms with Crippen LogP contribution in [0.5, 0.6) is 5.75 Å². The SMILES string of the molecule is COc1ccc([C@@H](C)NC(=O)CC2(C(=O)O)CCCCC2)cc1F. The van der Waals surface area contributed by atoms with Gasteiger partial charge in [-0.05, 0) is 37.5 Å². The number of hydrogen-bond acceptors (Lipinski definition) is 3. The molecule has 0 radical (unpaired) electrons. The van der Waals surface area contributed by atoms with Gasteiger partial charge in [-0.2, -0.15) is 0 Å². The maximum absolute atomic E-state index is 13.8. The summed E-state index contributed by atoms with van der Waals surface area (Å²) in [5.74, 6) is -1.57. The second-order valence-corrected chi connectivity index (χ2v) is 6.51. The molecule has 0 spiro atoms. The van der Waals surface area contributed by atoms with Crippen molar-refractivity contribution in [2.24, 2.45) is 5.41 Å². The van der Waals surface area contributed by atoms with Crippen molar-refractivity contribution in [1.29, 1.82) is 0 Å². The topological polar surface area (TPSA) is 75.6 Å². The van der Waals surface area contributed by atoms with Crippen LogP contribution in [0.2, 0.25) is 0 Å². The predicted molar refractivity (Wildman–Crippen MR) is 87.3 cm³/mol. The van der Waals surface area contributed by atoms with E-state index in [0.717, 1.165) is 19.3 Å². The number of methoxy groups -OCH3 is 1. The van der Waals surface area contributed by atoms with Gasteiger partial charge in [-0.25, -0.2) is 4.39 Å². The summed E-state index contributed by atoms with van der Waals surface area (Å²) in [7, 11) is 1.39. The summed E-state index contributed by atoms with van der Waals surface area (Å²) in [5, 5.41) is 12.3. The fourth-order valence-corrected chi connectivity index (χ4v) is 3.33. The molecule has 24 heavy (non-hydrogen) atoms. The number of amides is 1. The average molecular weight is 337 g/mol. The second-order valence-electron chi connectivity index (χ2n) is 6.51. The number of hydrogen-bond donors (Lipinski definition) is 2. The minimum atomic E-state index is -0.965. The van der Waals surface area contributed by atoms with E-state index in [1.807, 2.05) is 0 Å². The van der Waals surface area contributed by atoms with E-state index < -0.39 is 23.2 Å². The number of carbonyl (C=O) groups excluding carboxylic acids is 1. The van der Waals surface area contributed by atoms with Crippen LogP contribution in [0.1, 0.15) is 57.1 Å². The highest BCUT2D eigenvalue weighted by molar-refractivity contribution is 5.85. The number of carboxylic acids is 1. The van der Waals surface area contributed by atoms with Gasteiger partial charge in [0.05, 0.1) is 18.6 Å². The molecule has 0 heterocycles. The van der Waals surface area contributed by atoms with E-state index in [1.165, 1.54) is 19.2 Å². The monoisotopic (exact) mass is 337 g/mol. The maximum Gasteiger partial charge on any atom is 0.310 e. The van der Waals surface area contributed by atoms with Gasteiger partial charge in [0.25, 0.3) is 0 Å². The van der Waals surface area contributed by atoms with Gasteiger partial charge in [0, 0.05) is 6.42 Å². The molecule has 132 valence electrons. The summed E-state index contributed by atoms with van der Waals surface area (Å²) in [4.78, 5) is 24.0. The van der Waals surface area contributed by atoms with Crippen LogP contribution in [0.15, 0.2) is 18.2 Å². The molecule has 0 aliphatic heterocycles. The number of ether oxygens (including phenoxy) is 1. The summed E-state index contributed by atoms with van der Waals surface area (Å²) in [6, 6.07) is 4.10. The Morgan fingerprint density at radius 2 is 2.00 bits per heavy atom. The Balaban J connectivity index is 2.03. The fraction of sp³-hybridized carbons (Fsp3) is 0.556. The maximum atomic E-state index is 13.8. The quantitative estimate of drug-likeness (QED) is 0.834. The van der Waals surface area contributed by atoms with Crippen LogP contribution < -0.4 is 10.1 Å². The lowest BCUT2D eigenvalue weighted by molar-refractivity contribution is -0.154. The lowest BCUT2D eigenvalue weighted by Gasteiger charge is -2.32. The van der Waals surface area contributed by atoms with E-state index in [-0.39, 0.29) is 18.1 Å². The summed E-state index contributed by atoms with van der Waals surface area (Å²) >= 11 is 0. The standard InChI is InChI=1S/C18H24FNO4/c1-12(13-6-7-15(24-2)14(19)10-13)20-16(21)11-18(17(22)23)8-4-3-5-9-18/h6-7,10,12H,3-5,8-9,11H2,1-2H3,(H,20,21)(H,22,23)/t12-/m1/s1. The number of carbonyl (C=O) groups is 2. The van der Waals surface area contributed by atoms with Crippen molar-refractivity contribution in [3.63, 3.8) is 0 Å². The molecule has 0 unspecified atom stereocenters. The largest absolute Gasteiger partial charge is 0.494 e. The number of halogens is 1. The number of benzene rings is 1. The van der Waals surface area contributed by atoms with Crippen LogP contribution >= 0.6 is 0 Å². The zero-order valence-corrected chi connectivity index (χ0v) is 14.1. The van der Waals surface area contributed by atoms with Crippen LogP contribution in [0.25, 0.3) is 0 Å². The van der Waals surface area contributed by atoms with E-state index in [2.05, 4.69) is 5.32 Å². The van der Waals surface area contributed by atoms with Gasteiger partial charge in [-0.3, -0.25) is 9.59 Å². The number of nitrogens with one attached hydrogen (secondary N) is 1. The molecule has 0 bridgehead atoms. The molecule has 1 aliphatic carbocycles. The van der Waals surface area contributed by atoms with E-state index in [4.69, 9.17) is 4.74 Å². The third-order valence-electron chi connectivity index (χ3n) is 4.82. The molecule has 1 fully saturated rings. The Hall–Kier alpha value is -2.11. The highest BCUT2D eigenvalue weighted by atomic mass is 19.1. The molecule has 2 N–H and O–H groups in total. The lowest BCUT2D eigenvalue weighted by Crippen LogP contribution is -2.39. The molecular weight excluding hydrogens is 313 g/mol. The first kappa shape index (κ1) is 18.2. The zero-order chi connectivity index (χ0) is 17.7. The number of rotatable bonds is 6. The van der Waals surface area contributed by atoms with Crippen LogP contribution in [-0.4, -0.2) is 24.1 Å². The molecule has 2 rings (SSSR count). The van der Waals surface area contributed by atoms with Crippen molar-refractivity contribution in [1.82, 2.24) is 5.32 Å². The van der Waals surface area contributed by atoms with Crippen molar-refractivity contribution in [2.45, 2.75) is 51.5 Å². The summed E-state index contributed by atoms with van der Waals surface area (Å²) < 4.78 is 18.6. The Bertz CT molecular complexity index is 611. The second kappa shape index (κ2) is 7.64. The van der Waals surface area contributed by atoms with E-state index in [1.54, 1.807) is 13.0 Å². The molecule has 1 aromatic carbocycles. The van der Waals surface area contributed by atoms with Gasteiger partial charge < -0.3 is 15.2 Å². The smallest absolute Gasteiger partial charge is 0.310 e. The Labute approximate surface area is 141 Å². The van der Waals surface area contributed by atoms with Crippen molar-refractivity contribution in [3.8, 4) is 5.75 Å². The number of carboxylic acid groups (broad SMARTS) is 1. The third-order valence-corrected chi connectivity index (χ3v) is 4.82. The Morgan fingerprint density at radius 1 is 1.33 bits per heavy atom. The highest BCUT2D eigenvalue weighted by Gasteiger charge is 2.41. The first-order valence-electron chi connectivity index (χ1n) is 8.24. The minimum absolute atomic E-state index is 0.0364. The van der Waals surface area contributed by atoms with Crippen molar-refractivity contribution >= 4 is 11.9 Å². The predicted octanol–water partition coefficient (Wildman–Crippen LogP) is 3.44. The summed E-state index contributed by atoms with van der Waals surface area (Å²) in [6.45, 7) is 1.74. The van der Waals surface area contributed by atoms with Crippen molar-refractivity contribution in [3.05, 3.63) is 29.6 Å². The van der Waals surface area contributed by atoms with Crippen LogP contribution in [0, 0.1) is 11.2 Å². The highest BCUT2D eigenvalue weighted by Crippen LogP contribution is 2.39. The van der Waals surface area contributed by atoms with E-state index in [9.17, 15) is 19.1 Å². The summed E-state index contributed by atoms with van der Waals surface area (Å²) in [6.07, 6.45) is 3.70. The molecule has 5 nitrogen and oxygen atoms in total. The van der Waals surface area contributed by atoms with Crippen molar-refractivity contribution in [2.75, 3.05) is 7.11 Å². The van der Waals surface area contributed by atoms with Gasteiger partial charge in [0.2, 0.25) is 5.91 Å². The summed E-state index contributed by atoms with van der Waals surface area (Å²) in [5.41, 5.74) is -0.359. The van der Waals surface area contributed by atoms with E-state index in [0.29, 0.717) is 18.4 Å². The molecule has 6 heteroatoms. The molecule has 1 aromatic rings. The van der Waals surface area contributed by atoms with Crippen LogP contribution in [0.4, 0.5) is 4.39 Å². The zero-order valence-electron chi connectivity index (χ0n) is 14.1.